The average Bonchev–Trinajstić information content (AvgIpc) is 2.23. The molecule has 1 aromatic heterocycles. The third kappa shape index (κ3) is 1.82. The second-order valence-corrected chi connectivity index (χ2v) is 3.72. The Balaban J connectivity index is 2.07. The molecule has 2 rings (SSSR count). The zero-order chi connectivity index (χ0) is 9.97. The number of piperidine rings is 1. The van der Waals surface area contributed by atoms with Crippen molar-refractivity contribution >= 4 is 5.95 Å². The fourth-order valence-corrected chi connectivity index (χ4v) is 1.70. The molecule has 0 bridgehead atoms. The summed E-state index contributed by atoms with van der Waals surface area (Å²) in [6.07, 6.45) is 3.78. The van der Waals surface area contributed by atoms with Crippen LogP contribution in [0.2, 0.25) is 0 Å². The van der Waals surface area contributed by atoms with Crippen LogP contribution in [0.25, 0.3) is 0 Å². The standard InChI is InChI=1S/C9H14N4O/c1-7-6-13(5-2-8(7)14)9-10-3-4-11-12-9/h3-4,7-8,14H,2,5-6H2,1H3. The lowest BCUT2D eigenvalue weighted by molar-refractivity contribution is 0.0966. The predicted molar refractivity (Wildman–Crippen MR) is 51.8 cm³/mol. The summed E-state index contributed by atoms with van der Waals surface area (Å²) in [6.45, 7) is 3.64. The van der Waals surface area contributed by atoms with Gasteiger partial charge in [-0.15, -0.1) is 5.10 Å². The lowest BCUT2D eigenvalue weighted by Gasteiger charge is -2.33. The van der Waals surface area contributed by atoms with E-state index in [-0.39, 0.29) is 12.0 Å². The second kappa shape index (κ2) is 3.88. The van der Waals surface area contributed by atoms with Crippen molar-refractivity contribution in [2.45, 2.75) is 19.4 Å². The molecule has 5 heteroatoms. The van der Waals surface area contributed by atoms with Gasteiger partial charge in [0, 0.05) is 13.1 Å². The van der Waals surface area contributed by atoms with Crippen molar-refractivity contribution in [1.29, 1.82) is 0 Å². The minimum atomic E-state index is -0.192. The fourth-order valence-electron chi connectivity index (χ4n) is 1.70. The molecular formula is C9H14N4O. The van der Waals surface area contributed by atoms with Crippen LogP contribution in [0.5, 0.6) is 0 Å². The first-order chi connectivity index (χ1) is 6.77. The molecule has 14 heavy (non-hydrogen) atoms. The van der Waals surface area contributed by atoms with Gasteiger partial charge in [0.2, 0.25) is 5.95 Å². The minimum absolute atomic E-state index is 0.192. The predicted octanol–water partition coefficient (Wildman–Crippen LogP) is 0.0787. The quantitative estimate of drug-likeness (QED) is 0.686. The molecule has 0 aliphatic carbocycles. The number of aliphatic hydroxyl groups is 1. The Morgan fingerprint density at radius 1 is 1.50 bits per heavy atom. The number of hydrogen-bond donors (Lipinski definition) is 1. The second-order valence-electron chi connectivity index (χ2n) is 3.72. The van der Waals surface area contributed by atoms with Gasteiger partial charge in [0.25, 0.3) is 0 Å². The van der Waals surface area contributed by atoms with Crippen LogP contribution in [-0.4, -0.2) is 39.5 Å². The van der Waals surface area contributed by atoms with E-state index in [0.29, 0.717) is 5.95 Å². The van der Waals surface area contributed by atoms with E-state index in [9.17, 15) is 5.11 Å². The summed E-state index contributed by atoms with van der Waals surface area (Å²) in [6, 6.07) is 0. The molecule has 0 radical (unpaired) electrons. The molecule has 5 nitrogen and oxygen atoms in total. The van der Waals surface area contributed by atoms with Crippen LogP contribution in [0, 0.1) is 5.92 Å². The number of anilines is 1. The number of rotatable bonds is 1. The van der Waals surface area contributed by atoms with Crippen molar-refractivity contribution in [3.05, 3.63) is 12.4 Å². The minimum Gasteiger partial charge on any atom is -0.393 e. The summed E-state index contributed by atoms with van der Waals surface area (Å²) >= 11 is 0. The van der Waals surface area contributed by atoms with Crippen molar-refractivity contribution in [2.75, 3.05) is 18.0 Å². The van der Waals surface area contributed by atoms with E-state index in [2.05, 4.69) is 20.1 Å². The van der Waals surface area contributed by atoms with Gasteiger partial charge >= 0.3 is 0 Å². The van der Waals surface area contributed by atoms with Gasteiger partial charge in [0.05, 0.1) is 18.5 Å². The Kier molecular flexibility index (Phi) is 2.58. The zero-order valence-corrected chi connectivity index (χ0v) is 8.17. The van der Waals surface area contributed by atoms with Crippen LogP contribution in [0.1, 0.15) is 13.3 Å². The smallest absolute Gasteiger partial charge is 0.245 e. The first-order valence-corrected chi connectivity index (χ1v) is 4.84. The topological polar surface area (TPSA) is 62.1 Å². The van der Waals surface area contributed by atoms with Crippen LogP contribution in [0.3, 0.4) is 0 Å². The Labute approximate surface area is 82.8 Å². The summed E-state index contributed by atoms with van der Waals surface area (Å²) in [4.78, 5) is 6.19. The van der Waals surface area contributed by atoms with Gasteiger partial charge in [0.1, 0.15) is 0 Å². The van der Waals surface area contributed by atoms with Crippen LogP contribution in [-0.2, 0) is 0 Å². The van der Waals surface area contributed by atoms with E-state index in [1.165, 1.54) is 0 Å². The van der Waals surface area contributed by atoms with Crippen molar-refractivity contribution in [1.82, 2.24) is 15.2 Å². The summed E-state index contributed by atoms with van der Waals surface area (Å²) in [5, 5.41) is 17.3. The van der Waals surface area contributed by atoms with E-state index in [1.54, 1.807) is 12.4 Å². The largest absolute Gasteiger partial charge is 0.393 e. The highest BCUT2D eigenvalue weighted by atomic mass is 16.3. The molecule has 0 saturated carbocycles. The molecule has 0 spiro atoms. The van der Waals surface area contributed by atoms with Crippen LogP contribution in [0.4, 0.5) is 5.95 Å². The average molecular weight is 194 g/mol. The highest BCUT2D eigenvalue weighted by Crippen LogP contribution is 2.19. The Morgan fingerprint density at radius 2 is 2.36 bits per heavy atom. The summed E-state index contributed by atoms with van der Waals surface area (Å²) < 4.78 is 0. The molecule has 2 unspecified atom stereocenters. The van der Waals surface area contributed by atoms with Gasteiger partial charge in [-0.2, -0.15) is 5.10 Å². The molecule has 1 aliphatic rings. The third-order valence-corrected chi connectivity index (χ3v) is 2.61. The van der Waals surface area contributed by atoms with E-state index in [0.717, 1.165) is 19.5 Å². The van der Waals surface area contributed by atoms with E-state index in [1.807, 2.05) is 6.92 Å². The lowest BCUT2D eigenvalue weighted by Crippen LogP contribution is -2.42. The first kappa shape index (κ1) is 9.33. The maximum absolute atomic E-state index is 9.56. The summed E-state index contributed by atoms with van der Waals surface area (Å²) in [5.74, 6) is 0.929. The maximum atomic E-state index is 9.56. The van der Waals surface area contributed by atoms with Gasteiger partial charge in [-0.1, -0.05) is 6.92 Å². The van der Waals surface area contributed by atoms with E-state index >= 15 is 0 Å². The molecule has 2 atom stereocenters. The normalized spacial score (nSPS) is 27.7. The molecule has 1 fully saturated rings. The Morgan fingerprint density at radius 3 is 3.00 bits per heavy atom. The first-order valence-electron chi connectivity index (χ1n) is 4.84. The molecule has 1 aliphatic heterocycles. The van der Waals surface area contributed by atoms with Crippen LogP contribution < -0.4 is 4.90 Å². The van der Waals surface area contributed by atoms with Gasteiger partial charge in [0.15, 0.2) is 0 Å². The molecule has 2 heterocycles. The van der Waals surface area contributed by atoms with Gasteiger partial charge in [-0.05, 0) is 12.3 Å². The summed E-state index contributed by atoms with van der Waals surface area (Å²) in [7, 11) is 0. The lowest BCUT2D eigenvalue weighted by atomic mass is 9.97. The summed E-state index contributed by atoms with van der Waals surface area (Å²) in [5.41, 5.74) is 0. The van der Waals surface area contributed by atoms with Gasteiger partial charge in [-0.25, -0.2) is 4.98 Å². The van der Waals surface area contributed by atoms with Crippen LogP contribution >= 0.6 is 0 Å². The number of aromatic nitrogens is 3. The monoisotopic (exact) mass is 194 g/mol. The number of nitrogens with zero attached hydrogens (tertiary/aromatic N) is 4. The molecule has 0 amide bonds. The number of hydrogen-bond acceptors (Lipinski definition) is 5. The maximum Gasteiger partial charge on any atom is 0.245 e. The third-order valence-electron chi connectivity index (χ3n) is 2.61. The molecule has 76 valence electrons. The van der Waals surface area contributed by atoms with Crippen molar-refractivity contribution < 1.29 is 5.11 Å². The number of aliphatic hydroxyl groups excluding tert-OH is 1. The van der Waals surface area contributed by atoms with Crippen molar-refractivity contribution in [3.63, 3.8) is 0 Å². The SMILES string of the molecule is CC1CN(c2nccnn2)CCC1O. The molecule has 1 aromatic rings. The van der Waals surface area contributed by atoms with E-state index < -0.39 is 0 Å². The fraction of sp³-hybridized carbons (Fsp3) is 0.667. The Hall–Kier alpha value is -1.23. The zero-order valence-electron chi connectivity index (χ0n) is 8.17. The van der Waals surface area contributed by atoms with E-state index in [4.69, 9.17) is 0 Å². The molecular weight excluding hydrogens is 180 g/mol. The van der Waals surface area contributed by atoms with Crippen molar-refractivity contribution in [3.8, 4) is 0 Å². The molecule has 1 N–H and O–H groups in total. The molecule has 1 saturated heterocycles. The highest BCUT2D eigenvalue weighted by molar-refractivity contribution is 5.28. The Bertz CT molecular complexity index is 292. The van der Waals surface area contributed by atoms with Crippen molar-refractivity contribution in [2.24, 2.45) is 5.92 Å². The molecule has 0 aromatic carbocycles. The highest BCUT2D eigenvalue weighted by Gasteiger charge is 2.25. The van der Waals surface area contributed by atoms with Gasteiger partial charge in [-0.3, -0.25) is 0 Å². The van der Waals surface area contributed by atoms with Crippen LogP contribution in [0.15, 0.2) is 12.4 Å². The van der Waals surface area contributed by atoms with Gasteiger partial charge < -0.3 is 10.0 Å².